The molecule has 3 aliphatic rings. The van der Waals surface area contributed by atoms with Crippen LogP contribution in [0.2, 0.25) is 0 Å². The molecule has 3 aromatic rings. The fraction of sp³-hybridized carbons (Fsp3) is 0.379. The summed E-state index contributed by atoms with van der Waals surface area (Å²) in [6.45, 7) is 0. The SMILES string of the molecule is COc1nc(Br)ccc1C1CC1.O=C1CC[C@H](/C=C(\c2ccc(C(F)(F)F)cn2)c2ccc(C3CC3)c(=O)[nH]2)N1. The van der Waals surface area contributed by atoms with E-state index in [1.807, 2.05) is 6.07 Å². The third kappa shape index (κ3) is 6.80. The molecule has 1 saturated heterocycles. The van der Waals surface area contributed by atoms with Gasteiger partial charge >= 0.3 is 6.18 Å². The van der Waals surface area contributed by atoms with Crippen molar-refractivity contribution in [3.05, 3.63) is 91.7 Å². The van der Waals surface area contributed by atoms with Gasteiger partial charge < -0.3 is 15.0 Å². The largest absolute Gasteiger partial charge is 0.481 e. The number of nitrogens with zero attached hydrogens (tertiary/aromatic N) is 2. The zero-order valence-electron chi connectivity index (χ0n) is 21.7. The average molecular weight is 617 g/mol. The summed E-state index contributed by atoms with van der Waals surface area (Å²) in [6.07, 6.45) is 3.52. The number of hydrogen-bond donors (Lipinski definition) is 2. The van der Waals surface area contributed by atoms with Gasteiger partial charge in [-0.3, -0.25) is 14.6 Å². The van der Waals surface area contributed by atoms with Gasteiger partial charge in [0.2, 0.25) is 11.8 Å². The summed E-state index contributed by atoms with van der Waals surface area (Å²) in [5.41, 5.74) is 2.17. The monoisotopic (exact) mass is 616 g/mol. The van der Waals surface area contributed by atoms with Gasteiger partial charge in [-0.25, -0.2) is 4.98 Å². The van der Waals surface area contributed by atoms with Crippen molar-refractivity contribution in [3.63, 3.8) is 0 Å². The van der Waals surface area contributed by atoms with Crippen molar-refractivity contribution in [1.29, 1.82) is 0 Å². The number of hydrogen-bond acceptors (Lipinski definition) is 5. The summed E-state index contributed by atoms with van der Waals surface area (Å²) in [5, 5.41) is 2.80. The number of methoxy groups -OCH3 is 1. The van der Waals surface area contributed by atoms with Gasteiger partial charge in [0.25, 0.3) is 5.56 Å². The fourth-order valence-corrected chi connectivity index (χ4v) is 4.95. The summed E-state index contributed by atoms with van der Waals surface area (Å²) in [5.74, 6) is 1.66. The summed E-state index contributed by atoms with van der Waals surface area (Å²) < 4.78 is 44.6. The Kier molecular flexibility index (Phi) is 8.11. The maximum absolute atomic E-state index is 12.8. The molecule has 2 saturated carbocycles. The van der Waals surface area contributed by atoms with Gasteiger partial charge in [0.15, 0.2) is 0 Å². The Balaban J connectivity index is 0.000000223. The second kappa shape index (κ2) is 11.6. The maximum Gasteiger partial charge on any atom is 0.417 e. The average Bonchev–Trinajstić information content (AvgIpc) is 3.86. The number of ether oxygens (including phenoxy) is 1. The number of alkyl halides is 3. The number of aromatic nitrogens is 3. The van der Waals surface area contributed by atoms with Gasteiger partial charge in [0.1, 0.15) is 4.60 Å². The molecule has 0 unspecified atom stereocenters. The van der Waals surface area contributed by atoms with Crippen molar-refractivity contribution in [2.75, 3.05) is 7.11 Å². The van der Waals surface area contributed by atoms with E-state index in [9.17, 15) is 22.8 Å². The number of nitrogens with one attached hydrogen (secondary N) is 2. The number of pyridine rings is 3. The van der Waals surface area contributed by atoms with Crippen molar-refractivity contribution in [2.45, 2.75) is 62.6 Å². The van der Waals surface area contributed by atoms with Crippen LogP contribution in [0, 0.1) is 0 Å². The number of carbonyl (C=O) groups is 1. The molecule has 1 aliphatic heterocycles. The van der Waals surface area contributed by atoms with Gasteiger partial charge in [-0.1, -0.05) is 18.2 Å². The van der Waals surface area contributed by atoms with Gasteiger partial charge in [-0.15, -0.1) is 0 Å². The van der Waals surface area contributed by atoms with Gasteiger partial charge in [-0.05, 0) is 84.1 Å². The summed E-state index contributed by atoms with van der Waals surface area (Å²) >= 11 is 3.32. The van der Waals surface area contributed by atoms with E-state index >= 15 is 0 Å². The lowest BCUT2D eigenvalue weighted by molar-refractivity contribution is -0.137. The van der Waals surface area contributed by atoms with E-state index in [0.717, 1.165) is 41.2 Å². The Morgan fingerprint density at radius 1 is 1.00 bits per heavy atom. The molecule has 0 radical (unpaired) electrons. The summed E-state index contributed by atoms with van der Waals surface area (Å²) in [6, 6.07) is 9.54. The molecule has 1 amide bonds. The second-order valence-corrected chi connectivity index (χ2v) is 11.0. The van der Waals surface area contributed by atoms with Crippen LogP contribution < -0.4 is 15.6 Å². The van der Waals surface area contributed by atoms with Crippen molar-refractivity contribution >= 4 is 27.4 Å². The van der Waals surface area contributed by atoms with Crippen LogP contribution in [0.3, 0.4) is 0 Å². The van der Waals surface area contributed by atoms with Crippen molar-refractivity contribution in [3.8, 4) is 5.88 Å². The van der Waals surface area contributed by atoms with E-state index in [1.165, 1.54) is 24.5 Å². The van der Waals surface area contributed by atoms with Crippen LogP contribution in [0.25, 0.3) is 5.57 Å². The molecule has 2 aliphatic carbocycles. The van der Waals surface area contributed by atoms with Crippen molar-refractivity contribution < 1.29 is 22.7 Å². The Morgan fingerprint density at radius 3 is 2.25 bits per heavy atom. The van der Waals surface area contributed by atoms with Crippen LogP contribution in [0.1, 0.15) is 78.4 Å². The van der Waals surface area contributed by atoms with E-state index in [1.54, 1.807) is 25.3 Å². The minimum absolute atomic E-state index is 0.0847. The molecule has 3 aromatic heterocycles. The molecule has 6 rings (SSSR count). The van der Waals surface area contributed by atoms with Gasteiger partial charge in [0, 0.05) is 35.4 Å². The quantitative estimate of drug-likeness (QED) is 0.326. The minimum Gasteiger partial charge on any atom is -0.481 e. The van der Waals surface area contributed by atoms with Crippen LogP contribution in [-0.4, -0.2) is 34.0 Å². The van der Waals surface area contributed by atoms with E-state index in [4.69, 9.17) is 4.74 Å². The molecule has 7 nitrogen and oxygen atoms in total. The summed E-state index contributed by atoms with van der Waals surface area (Å²) in [4.78, 5) is 34.9. The zero-order chi connectivity index (χ0) is 28.4. The molecular weight excluding hydrogens is 589 g/mol. The third-order valence-corrected chi connectivity index (χ3v) is 7.52. The van der Waals surface area contributed by atoms with Crippen LogP contribution in [0.5, 0.6) is 5.88 Å². The molecule has 11 heteroatoms. The highest BCUT2D eigenvalue weighted by Gasteiger charge is 2.31. The smallest absolute Gasteiger partial charge is 0.417 e. The van der Waals surface area contributed by atoms with Crippen LogP contribution in [-0.2, 0) is 11.0 Å². The molecule has 0 aromatic carbocycles. The Labute approximate surface area is 237 Å². The molecule has 4 heterocycles. The molecule has 40 heavy (non-hydrogen) atoms. The molecule has 0 spiro atoms. The first-order valence-corrected chi connectivity index (χ1v) is 13.9. The highest BCUT2D eigenvalue weighted by Crippen LogP contribution is 2.43. The van der Waals surface area contributed by atoms with E-state index < -0.39 is 11.7 Å². The third-order valence-electron chi connectivity index (χ3n) is 7.08. The lowest BCUT2D eigenvalue weighted by Crippen LogP contribution is -2.24. The molecule has 3 fully saturated rings. The Morgan fingerprint density at radius 2 is 1.70 bits per heavy atom. The maximum atomic E-state index is 12.8. The second-order valence-electron chi connectivity index (χ2n) is 10.2. The lowest BCUT2D eigenvalue weighted by Gasteiger charge is -2.13. The Hall–Kier alpha value is -3.47. The number of halogens is 4. The number of amides is 1. The zero-order valence-corrected chi connectivity index (χ0v) is 23.3. The molecule has 2 N–H and O–H groups in total. The van der Waals surface area contributed by atoms with Gasteiger partial charge in [0.05, 0.1) is 24.1 Å². The highest BCUT2D eigenvalue weighted by atomic mass is 79.9. The normalized spacial score (nSPS) is 19.1. The van der Waals surface area contributed by atoms with Crippen molar-refractivity contribution in [2.24, 2.45) is 0 Å². The fourth-order valence-electron chi connectivity index (χ4n) is 4.65. The topological polar surface area (TPSA) is 97.0 Å². The lowest BCUT2D eigenvalue weighted by atomic mass is 10.0. The number of H-pyrrole nitrogens is 1. The first-order valence-electron chi connectivity index (χ1n) is 13.1. The highest BCUT2D eigenvalue weighted by molar-refractivity contribution is 9.10. The standard InChI is InChI=1S/C20H18F3N3O2.C9H10BrNO/c21-20(22,23)12-3-6-16(24-10-12)15(9-13-4-8-18(27)25-13)17-7-5-14(11-1-2-11)19(28)26-17;1-12-9-7(6-2-3-6)4-5-8(10)11-9/h3,5-7,9-11,13H,1-2,4,8H2,(H,25,27)(H,26,28);4-6H,2-3H2,1H3/b15-9+;/t13-;/m1./s1. The van der Waals surface area contributed by atoms with E-state index in [0.29, 0.717) is 35.7 Å². The number of aromatic amines is 1. The predicted molar refractivity (Wildman–Crippen MR) is 147 cm³/mol. The van der Waals surface area contributed by atoms with E-state index in [-0.39, 0.29) is 23.4 Å². The molecular formula is C29H28BrF3N4O3. The first-order chi connectivity index (χ1) is 19.1. The number of rotatable bonds is 6. The van der Waals surface area contributed by atoms with E-state index in [2.05, 4.69) is 42.3 Å². The molecule has 0 bridgehead atoms. The van der Waals surface area contributed by atoms with Gasteiger partial charge in [-0.2, -0.15) is 13.2 Å². The first kappa shape index (κ1) is 28.1. The number of carbonyl (C=O) groups excluding carboxylic acids is 1. The molecule has 1 atom stereocenters. The minimum atomic E-state index is -4.48. The molecule has 210 valence electrons. The Bertz CT molecular complexity index is 1480. The van der Waals surface area contributed by atoms with Crippen LogP contribution in [0.4, 0.5) is 13.2 Å². The summed E-state index contributed by atoms with van der Waals surface area (Å²) in [7, 11) is 1.67. The van der Waals surface area contributed by atoms with Crippen LogP contribution in [0.15, 0.2) is 58.1 Å². The van der Waals surface area contributed by atoms with Crippen LogP contribution >= 0.6 is 15.9 Å². The predicted octanol–water partition coefficient (Wildman–Crippen LogP) is 6.11. The van der Waals surface area contributed by atoms with Crippen molar-refractivity contribution in [1.82, 2.24) is 20.3 Å².